The van der Waals surface area contributed by atoms with Gasteiger partial charge >= 0.3 is 0 Å². The van der Waals surface area contributed by atoms with E-state index in [0.29, 0.717) is 29.6 Å². The van der Waals surface area contributed by atoms with Crippen molar-refractivity contribution in [1.82, 2.24) is 9.55 Å². The van der Waals surface area contributed by atoms with E-state index in [4.69, 9.17) is 11.3 Å². The van der Waals surface area contributed by atoms with Crippen molar-refractivity contribution in [3.05, 3.63) is 119 Å². The zero-order chi connectivity index (χ0) is 25.1. The largest absolute Gasteiger partial charge is 0.368 e. The quantitative estimate of drug-likeness (QED) is 0.288. The molecule has 2 aromatic carbocycles. The van der Waals surface area contributed by atoms with E-state index in [0.717, 1.165) is 29.5 Å². The van der Waals surface area contributed by atoms with Gasteiger partial charge in [-0.1, -0.05) is 24.3 Å². The maximum atomic E-state index is 14.9. The lowest BCUT2D eigenvalue weighted by atomic mass is 10.0. The van der Waals surface area contributed by atoms with Crippen LogP contribution in [0, 0.1) is 25.2 Å². The summed E-state index contributed by atoms with van der Waals surface area (Å²) in [5.41, 5.74) is 4.03. The third-order valence-corrected chi connectivity index (χ3v) is 6.15. The summed E-state index contributed by atoms with van der Waals surface area (Å²) in [6.45, 7) is 9.77. The smallest absolute Gasteiger partial charge is 0.272 e. The number of hydrogen-bond donors (Lipinski definition) is 1. The van der Waals surface area contributed by atoms with Crippen LogP contribution in [-0.4, -0.2) is 22.1 Å². The first-order valence-corrected chi connectivity index (χ1v) is 11.8. The second-order valence-corrected chi connectivity index (χ2v) is 9.04. The number of rotatable bonds is 8. The van der Waals surface area contributed by atoms with E-state index in [9.17, 15) is 9.18 Å². The molecule has 1 aliphatic carbocycles. The predicted octanol–water partition coefficient (Wildman–Crippen LogP) is 6.64. The minimum absolute atomic E-state index is 0.0710. The Bertz CT molecular complexity index is 1440. The number of carbonyl (C=O) groups is 1. The summed E-state index contributed by atoms with van der Waals surface area (Å²) in [5.74, 6) is -0.436. The number of anilines is 1. The molecular formula is C29H25FN4O2. The van der Waals surface area contributed by atoms with Gasteiger partial charge in [-0.2, -0.15) is 0 Å². The summed E-state index contributed by atoms with van der Waals surface area (Å²) >= 11 is 0. The summed E-state index contributed by atoms with van der Waals surface area (Å²) in [7, 11) is 0. The molecule has 6 nitrogen and oxygen atoms in total. The first kappa shape index (κ1) is 23.5. The van der Waals surface area contributed by atoms with Crippen LogP contribution in [0.1, 0.15) is 46.1 Å². The van der Waals surface area contributed by atoms with Crippen LogP contribution in [0.4, 0.5) is 15.8 Å². The van der Waals surface area contributed by atoms with Gasteiger partial charge in [0.1, 0.15) is 17.6 Å². The molecule has 2 heterocycles. The normalized spacial score (nSPS) is 13.7. The lowest BCUT2D eigenvalue weighted by molar-refractivity contribution is 0.0716. The van der Waals surface area contributed by atoms with Crippen LogP contribution in [0.15, 0.2) is 79.3 Å². The fourth-order valence-corrected chi connectivity index (χ4v) is 4.12. The molecule has 1 amide bonds. The van der Waals surface area contributed by atoms with Gasteiger partial charge in [-0.25, -0.2) is 9.24 Å². The molecule has 2 aromatic heterocycles. The van der Waals surface area contributed by atoms with Crippen molar-refractivity contribution in [3.63, 3.8) is 0 Å². The molecule has 5 rings (SSSR count). The lowest BCUT2D eigenvalue weighted by Crippen LogP contribution is -2.17. The zero-order valence-corrected chi connectivity index (χ0v) is 19.8. The van der Waals surface area contributed by atoms with Crippen LogP contribution >= 0.6 is 0 Å². The number of benzene rings is 2. The van der Waals surface area contributed by atoms with E-state index in [1.54, 1.807) is 53.4 Å². The Morgan fingerprint density at radius 3 is 2.81 bits per heavy atom. The third-order valence-electron chi connectivity index (χ3n) is 6.15. The molecule has 0 radical (unpaired) electrons. The number of amides is 1. The number of nitrogens with one attached hydrogen (secondary N) is 1. The van der Waals surface area contributed by atoms with Crippen molar-refractivity contribution in [2.75, 3.05) is 11.9 Å². The van der Waals surface area contributed by atoms with Gasteiger partial charge in [0.25, 0.3) is 5.91 Å². The molecule has 1 aliphatic rings. The van der Waals surface area contributed by atoms with Crippen LogP contribution in [0.25, 0.3) is 10.5 Å². The lowest BCUT2D eigenvalue weighted by Gasteiger charge is -2.20. The topological polar surface area (TPSA) is 60.5 Å². The van der Waals surface area contributed by atoms with Crippen LogP contribution in [0.2, 0.25) is 0 Å². The van der Waals surface area contributed by atoms with E-state index in [-0.39, 0.29) is 5.69 Å². The van der Waals surface area contributed by atoms with E-state index in [1.807, 2.05) is 31.3 Å². The SMILES string of the molecule is [C-]#[N+]c1cccc(-n2cc(C)cc2C(=O)Nc2cc(C(OCC3CC3)c3cccnc3)ccc2F)c1. The molecule has 1 N–H and O–H groups in total. The van der Waals surface area contributed by atoms with Gasteiger partial charge in [0.15, 0.2) is 5.69 Å². The summed E-state index contributed by atoms with van der Waals surface area (Å²) in [6.07, 6.45) is 7.15. The molecule has 180 valence electrons. The third kappa shape index (κ3) is 5.19. The number of halogens is 1. The highest BCUT2D eigenvalue weighted by molar-refractivity contribution is 6.04. The Kier molecular flexibility index (Phi) is 6.61. The van der Waals surface area contributed by atoms with Crippen molar-refractivity contribution in [3.8, 4) is 5.69 Å². The highest BCUT2D eigenvalue weighted by atomic mass is 19.1. The maximum Gasteiger partial charge on any atom is 0.272 e. The Hall–Kier alpha value is -4.28. The average Bonchev–Trinajstić information content (AvgIpc) is 3.65. The van der Waals surface area contributed by atoms with Crippen LogP contribution in [-0.2, 0) is 4.74 Å². The molecule has 7 heteroatoms. The van der Waals surface area contributed by atoms with Gasteiger partial charge in [0.05, 0.1) is 18.9 Å². The molecule has 1 atom stereocenters. The molecule has 4 aromatic rings. The molecular weight excluding hydrogens is 455 g/mol. The van der Waals surface area contributed by atoms with Gasteiger partial charge in [-0.15, -0.1) is 0 Å². The summed E-state index contributed by atoms with van der Waals surface area (Å²) in [4.78, 5) is 21.0. The fraction of sp³-hybridized carbons (Fsp3) is 0.207. The van der Waals surface area contributed by atoms with Gasteiger partial charge in [-0.3, -0.25) is 9.78 Å². The Morgan fingerprint density at radius 2 is 2.06 bits per heavy atom. The Balaban J connectivity index is 1.44. The molecule has 0 bridgehead atoms. The van der Waals surface area contributed by atoms with E-state index >= 15 is 0 Å². The van der Waals surface area contributed by atoms with Gasteiger partial charge in [-0.05, 0) is 73.2 Å². The van der Waals surface area contributed by atoms with Crippen molar-refractivity contribution < 1.29 is 13.9 Å². The maximum absolute atomic E-state index is 14.9. The highest BCUT2D eigenvalue weighted by Gasteiger charge is 2.25. The number of hydrogen-bond acceptors (Lipinski definition) is 3. The second kappa shape index (κ2) is 10.1. The van der Waals surface area contributed by atoms with Crippen molar-refractivity contribution in [2.24, 2.45) is 5.92 Å². The van der Waals surface area contributed by atoms with Crippen LogP contribution < -0.4 is 5.32 Å². The molecule has 0 saturated heterocycles. The van der Waals surface area contributed by atoms with Crippen molar-refractivity contribution in [1.29, 1.82) is 0 Å². The number of aromatic nitrogens is 2. The van der Waals surface area contributed by atoms with E-state index in [1.165, 1.54) is 6.07 Å². The zero-order valence-electron chi connectivity index (χ0n) is 19.8. The molecule has 0 aliphatic heterocycles. The monoisotopic (exact) mass is 480 g/mol. The minimum Gasteiger partial charge on any atom is -0.368 e. The summed E-state index contributed by atoms with van der Waals surface area (Å²) in [5, 5.41) is 2.74. The summed E-state index contributed by atoms with van der Waals surface area (Å²) < 4.78 is 22.8. The highest BCUT2D eigenvalue weighted by Crippen LogP contribution is 2.34. The summed E-state index contributed by atoms with van der Waals surface area (Å²) in [6, 6.07) is 17.2. The molecule has 1 unspecified atom stereocenters. The van der Waals surface area contributed by atoms with E-state index in [2.05, 4.69) is 15.1 Å². The minimum atomic E-state index is -0.538. The number of nitrogens with zero attached hydrogens (tertiary/aromatic N) is 3. The van der Waals surface area contributed by atoms with Crippen molar-refractivity contribution >= 4 is 17.3 Å². The van der Waals surface area contributed by atoms with Gasteiger partial charge in [0.2, 0.25) is 0 Å². The number of ether oxygens (including phenoxy) is 1. The Morgan fingerprint density at radius 1 is 1.19 bits per heavy atom. The van der Waals surface area contributed by atoms with Gasteiger partial charge in [0, 0.05) is 29.8 Å². The number of aryl methyl sites for hydroxylation is 1. The number of pyridine rings is 1. The molecule has 1 fully saturated rings. The van der Waals surface area contributed by atoms with Crippen LogP contribution in [0.3, 0.4) is 0 Å². The first-order valence-electron chi connectivity index (χ1n) is 11.8. The number of carbonyl (C=O) groups excluding carboxylic acids is 1. The van der Waals surface area contributed by atoms with E-state index < -0.39 is 17.8 Å². The first-order chi connectivity index (χ1) is 17.5. The Labute approximate surface area is 209 Å². The molecule has 36 heavy (non-hydrogen) atoms. The van der Waals surface area contributed by atoms with Crippen LogP contribution in [0.5, 0.6) is 0 Å². The second-order valence-electron chi connectivity index (χ2n) is 9.04. The predicted molar refractivity (Wildman–Crippen MR) is 136 cm³/mol. The standard InChI is InChI=1S/C29H25FN4O2/c1-19-13-27(34(17-19)24-7-3-6-23(15-24)31-2)29(35)33-26-14-21(10-11-25(26)30)28(36-18-20-8-9-20)22-5-4-12-32-16-22/h3-7,10-17,20,28H,8-9,18H2,1H3,(H,33,35). The average molecular weight is 481 g/mol. The fourth-order valence-electron chi connectivity index (χ4n) is 4.12. The molecule has 0 spiro atoms. The van der Waals surface area contributed by atoms with Gasteiger partial charge < -0.3 is 14.6 Å². The molecule has 1 saturated carbocycles. The van der Waals surface area contributed by atoms with Crippen molar-refractivity contribution in [2.45, 2.75) is 25.9 Å².